The van der Waals surface area contributed by atoms with Crippen LogP contribution >= 0.6 is 0 Å². The van der Waals surface area contributed by atoms with Gasteiger partial charge < -0.3 is 5.73 Å². The highest BCUT2D eigenvalue weighted by molar-refractivity contribution is 5.43. The molecule has 1 aromatic heterocycles. The predicted octanol–water partition coefficient (Wildman–Crippen LogP) is 2.94. The van der Waals surface area contributed by atoms with Gasteiger partial charge in [-0.15, -0.1) is 0 Å². The van der Waals surface area contributed by atoms with Crippen molar-refractivity contribution in [3.8, 4) is 6.07 Å². The summed E-state index contributed by atoms with van der Waals surface area (Å²) >= 11 is 0. The monoisotopic (exact) mass is 237 g/mol. The number of nitrogen functional groups attached to an aromatic ring is 1. The quantitative estimate of drug-likeness (QED) is 0.873. The number of hydrogen-bond acceptors (Lipinski definition) is 3. The fourth-order valence-electron chi connectivity index (χ4n) is 2.03. The minimum Gasteiger partial charge on any atom is -0.397 e. The van der Waals surface area contributed by atoms with Crippen LogP contribution in [0, 0.1) is 25.2 Å². The molecule has 1 aromatic carbocycles. The standard InChI is InChI=1S/C15H15N3/c1-10-3-5-13(11(2)7-10)14(8-16)15-6-4-12(17)9-18-15/h3-7,9,14H,17H2,1-2H3. The van der Waals surface area contributed by atoms with Gasteiger partial charge in [0.2, 0.25) is 0 Å². The Bertz CT molecular complexity index is 594. The summed E-state index contributed by atoms with van der Waals surface area (Å²) in [6, 6.07) is 12.0. The zero-order valence-corrected chi connectivity index (χ0v) is 10.5. The molecule has 3 heteroatoms. The van der Waals surface area contributed by atoms with Gasteiger partial charge in [-0.1, -0.05) is 23.8 Å². The minimum absolute atomic E-state index is 0.341. The van der Waals surface area contributed by atoms with E-state index in [1.807, 2.05) is 32.0 Å². The van der Waals surface area contributed by atoms with Crippen molar-refractivity contribution >= 4 is 5.69 Å². The Balaban J connectivity index is 2.46. The van der Waals surface area contributed by atoms with Crippen LogP contribution < -0.4 is 5.73 Å². The van der Waals surface area contributed by atoms with E-state index in [0.29, 0.717) is 5.69 Å². The first kappa shape index (κ1) is 12.1. The lowest BCUT2D eigenvalue weighted by Gasteiger charge is -2.12. The smallest absolute Gasteiger partial charge is 0.114 e. The first-order valence-corrected chi connectivity index (χ1v) is 5.80. The number of nitrogens with two attached hydrogens (primary N) is 1. The van der Waals surface area contributed by atoms with Crippen LogP contribution in [0.2, 0.25) is 0 Å². The SMILES string of the molecule is Cc1ccc(C(C#N)c2ccc(N)cn2)c(C)c1. The van der Waals surface area contributed by atoms with Crippen molar-refractivity contribution in [1.82, 2.24) is 4.98 Å². The highest BCUT2D eigenvalue weighted by Gasteiger charge is 2.16. The topological polar surface area (TPSA) is 62.7 Å². The highest BCUT2D eigenvalue weighted by Crippen LogP contribution is 2.26. The van der Waals surface area contributed by atoms with Gasteiger partial charge in [0.1, 0.15) is 5.92 Å². The van der Waals surface area contributed by atoms with E-state index in [1.54, 1.807) is 12.3 Å². The third kappa shape index (κ3) is 2.33. The van der Waals surface area contributed by atoms with Crippen LogP contribution in [0.25, 0.3) is 0 Å². The van der Waals surface area contributed by atoms with E-state index in [9.17, 15) is 5.26 Å². The highest BCUT2D eigenvalue weighted by atomic mass is 14.7. The van der Waals surface area contributed by atoms with Crippen molar-refractivity contribution in [1.29, 1.82) is 5.26 Å². The Hall–Kier alpha value is -2.34. The van der Waals surface area contributed by atoms with Gasteiger partial charge in [-0.25, -0.2) is 0 Å². The van der Waals surface area contributed by atoms with E-state index in [-0.39, 0.29) is 5.92 Å². The molecule has 0 aliphatic heterocycles. The maximum atomic E-state index is 9.37. The van der Waals surface area contributed by atoms with E-state index in [0.717, 1.165) is 16.8 Å². The molecule has 1 atom stereocenters. The summed E-state index contributed by atoms with van der Waals surface area (Å²) < 4.78 is 0. The van der Waals surface area contributed by atoms with Gasteiger partial charge in [-0.3, -0.25) is 4.98 Å². The summed E-state index contributed by atoms with van der Waals surface area (Å²) in [6.45, 7) is 4.06. The first-order valence-electron chi connectivity index (χ1n) is 5.80. The van der Waals surface area contributed by atoms with Gasteiger partial charge in [0.15, 0.2) is 0 Å². The molecule has 18 heavy (non-hydrogen) atoms. The van der Waals surface area contributed by atoms with E-state index < -0.39 is 0 Å². The average molecular weight is 237 g/mol. The molecule has 90 valence electrons. The van der Waals surface area contributed by atoms with Crippen molar-refractivity contribution in [3.63, 3.8) is 0 Å². The van der Waals surface area contributed by atoms with Crippen LogP contribution in [0.15, 0.2) is 36.5 Å². The molecule has 0 bridgehead atoms. The molecule has 1 unspecified atom stereocenters. The molecular weight excluding hydrogens is 222 g/mol. The van der Waals surface area contributed by atoms with Crippen LogP contribution in [-0.2, 0) is 0 Å². The van der Waals surface area contributed by atoms with Crippen molar-refractivity contribution in [2.75, 3.05) is 5.73 Å². The maximum Gasteiger partial charge on any atom is 0.114 e. The molecule has 0 amide bonds. The van der Waals surface area contributed by atoms with Crippen molar-refractivity contribution < 1.29 is 0 Å². The zero-order chi connectivity index (χ0) is 13.1. The van der Waals surface area contributed by atoms with Gasteiger partial charge >= 0.3 is 0 Å². The molecule has 0 spiro atoms. The van der Waals surface area contributed by atoms with Crippen LogP contribution in [0.3, 0.4) is 0 Å². The third-order valence-electron chi connectivity index (χ3n) is 2.97. The van der Waals surface area contributed by atoms with E-state index in [1.165, 1.54) is 5.56 Å². The molecule has 1 heterocycles. The second kappa shape index (κ2) is 4.89. The summed E-state index contributed by atoms with van der Waals surface area (Å²) in [4.78, 5) is 4.24. The number of rotatable bonds is 2. The molecule has 3 nitrogen and oxygen atoms in total. The number of nitrogens with zero attached hydrogens (tertiary/aromatic N) is 2. The Labute approximate surface area is 107 Å². The summed E-state index contributed by atoms with van der Waals surface area (Å²) in [5.41, 5.74) is 10.3. The Kier molecular flexibility index (Phi) is 3.29. The summed E-state index contributed by atoms with van der Waals surface area (Å²) in [5, 5.41) is 9.37. The van der Waals surface area contributed by atoms with Crippen molar-refractivity contribution in [3.05, 3.63) is 58.9 Å². The van der Waals surface area contributed by atoms with Gasteiger partial charge in [0.25, 0.3) is 0 Å². The van der Waals surface area contributed by atoms with Crippen LogP contribution in [0.5, 0.6) is 0 Å². The zero-order valence-electron chi connectivity index (χ0n) is 10.5. The first-order chi connectivity index (χ1) is 8.61. The van der Waals surface area contributed by atoms with Crippen molar-refractivity contribution in [2.24, 2.45) is 0 Å². The number of benzene rings is 1. The molecule has 2 aromatic rings. The lowest BCUT2D eigenvalue weighted by molar-refractivity contribution is 0.954. The molecule has 2 N–H and O–H groups in total. The third-order valence-corrected chi connectivity index (χ3v) is 2.97. The molecular formula is C15H15N3. The normalized spacial score (nSPS) is 11.8. The van der Waals surface area contributed by atoms with Gasteiger partial charge in [-0.2, -0.15) is 5.26 Å². The fraction of sp³-hybridized carbons (Fsp3) is 0.200. The lowest BCUT2D eigenvalue weighted by Crippen LogP contribution is -2.03. The molecule has 2 rings (SSSR count). The predicted molar refractivity (Wildman–Crippen MR) is 72.0 cm³/mol. The summed E-state index contributed by atoms with van der Waals surface area (Å²) in [5.74, 6) is -0.341. The van der Waals surface area contributed by atoms with E-state index >= 15 is 0 Å². The Morgan fingerprint density at radius 1 is 1.22 bits per heavy atom. The van der Waals surface area contributed by atoms with Crippen molar-refractivity contribution in [2.45, 2.75) is 19.8 Å². The molecule has 0 aliphatic carbocycles. The second-order valence-corrected chi connectivity index (χ2v) is 4.44. The van der Waals surface area contributed by atoms with Crippen LogP contribution in [-0.4, -0.2) is 4.98 Å². The molecule has 0 saturated carbocycles. The number of hydrogen-bond donors (Lipinski definition) is 1. The second-order valence-electron chi connectivity index (χ2n) is 4.44. The number of nitriles is 1. The van der Waals surface area contributed by atoms with E-state index in [2.05, 4.69) is 17.1 Å². The molecule has 0 radical (unpaired) electrons. The number of aryl methyl sites for hydroxylation is 2. The van der Waals surface area contributed by atoms with Gasteiger partial charge in [0, 0.05) is 0 Å². The lowest BCUT2D eigenvalue weighted by atomic mass is 9.92. The van der Waals surface area contributed by atoms with E-state index in [4.69, 9.17) is 5.73 Å². The average Bonchev–Trinajstić information content (AvgIpc) is 2.35. The molecule has 0 saturated heterocycles. The Morgan fingerprint density at radius 3 is 2.56 bits per heavy atom. The molecule has 0 fully saturated rings. The summed E-state index contributed by atoms with van der Waals surface area (Å²) in [6.07, 6.45) is 1.59. The summed E-state index contributed by atoms with van der Waals surface area (Å²) in [7, 11) is 0. The number of pyridine rings is 1. The van der Waals surface area contributed by atoms with Gasteiger partial charge in [-0.05, 0) is 37.1 Å². The van der Waals surface area contributed by atoms with Crippen LogP contribution in [0.4, 0.5) is 5.69 Å². The minimum atomic E-state index is -0.341. The van der Waals surface area contributed by atoms with Gasteiger partial charge in [0.05, 0.1) is 23.6 Å². The number of aromatic nitrogens is 1. The number of anilines is 1. The van der Waals surface area contributed by atoms with Crippen LogP contribution in [0.1, 0.15) is 28.3 Å². The maximum absolute atomic E-state index is 9.37. The fourth-order valence-corrected chi connectivity index (χ4v) is 2.03. The largest absolute Gasteiger partial charge is 0.397 e. The Morgan fingerprint density at radius 2 is 2.00 bits per heavy atom. The molecule has 0 aliphatic rings.